The molecule has 0 amide bonds. The van der Waals surface area contributed by atoms with Crippen LogP contribution < -0.4 is 0 Å². The van der Waals surface area contributed by atoms with Crippen molar-refractivity contribution in [1.29, 1.82) is 0 Å². The number of rotatable bonds is 0. The molecule has 0 spiro atoms. The average Bonchev–Trinajstić information content (AvgIpc) is 2.59. The molecule has 8 heteroatoms. The van der Waals surface area contributed by atoms with Crippen molar-refractivity contribution in [2.75, 3.05) is 0 Å². The summed E-state index contributed by atoms with van der Waals surface area (Å²) in [5.41, 5.74) is -1.83. The van der Waals surface area contributed by atoms with E-state index in [2.05, 4.69) is 20.2 Å². The van der Waals surface area contributed by atoms with Crippen molar-refractivity contribution in [2.45, 2.75) is 32.4 Å². The number of nitrogens with one attached hydrogen (secondary N) is 1. The van der Waals surface area contributed by atoms with E-state index in [4.69, 9.17) is 0 Å². The highest BCUT2D eigenvalue weighted by Gasteiger charge is 2.38. The first-order valence-electron chi connectivity index (χ1n) is 5.13. The van der Waals surface area contributed by atoms with Gasteiger partial charge in [-0.15, -0.1) is 0 Å². The number of fused-ring (bicyclic) bond motifs is 1. The van der Waals surface area contributed by atoms with Crippen molar-refractivity contribution in [3.05, 3.63) is 11.5 Å². The van der Waals surface area contributed by atoms with E-state index < -0.39 is 28.6 Å². The zero-order valence-electron chi connectivity index (χ0n) is 9.92. The standard InChI is InChI=1S/C10H11F3N4O/c1-9(2,3)8-14-6-4(7(18)15-8)5(16-17-6)10(11,12)13/h1-3H3,(H2,14,15,16,17,18). The third kappa shape index (κ3) is 1.98. The summed E-state index contributed by atoms with van der Waals surface area (Å²) < 4.78 is 37.8. The highest BCUT2D eigenvalue weighted by Crippen LogP contribution is 2.36. The van der Waals surface area contributed by atoms with Crippen LogP contribution in [0.1, 0.15) is 32.3 Å². The van der Waals surface area contributed by atoms with Crippen LogP contribution in [-0.4, -0.2) is 25.3 Å². The molecule has 2 aromatic heterocycles. The van der Waals surface area contributed by atoms with Gasteiger partial charge in [-0.2, -0.15) is 23.3 Å². The topological polar surface area (TPSA) is 74.7 Å². The van der Waals surface area contributed by atoms with Gasteiger partial charge in [0.05, 0.1) is 0 Å². The van der Waals surface area contributed by atoms with Crippen LogP contribution in [-0.2, 0) is 11.6 Å². The number of halogens is 3. The number of aromatic amines is 1. The molecule has 0 atom stereocenters. The van der Waals surface area contributed by atoms with Crippen LogP contribution in [0, 0.1) is 0 Å². The zero-order valence-corrected chi connectivity index (χ0v) is 9.92. The Morgan fingerprint density at radius 2 is 1.72 bits per heavy atom. The van der Waals surface area contributed by atoms with Crippen molar-refractivity contribution >= 4 is 11.0 Å². The number of H-pyrrole nitrogens is 1. The SMILES string of the molecule is CC(C)(C)c1nc(O)c2c(C(F)(F)F)n[nH]c2n1. The summed E-state index contributed by atoms with van der Waals surface area (Å²) in [5.74, 6) is -0.476. The van der Waals surface area contributed by atoms with E-state index in [1.165, 1.54) is 0 Å². The van der Waals surface area contributed by atoms with Gasteiger partial charge >= 0.3 is 6.18 Å². The quantitative estimate of drug-likeness (QED) is 0.762. The maximum Gasteiger partial charge on any atom is 0.436 e. The van der Waals surface area contributed by atoms with Gasteiger partial charge in [-0.05, 0) is 0 Å². The Labute approximate surface area is 100 Å². The van der Waals surface area contributed by atoms with Crippen molar-refractivity contribution in [2.24, 2.45) is 0 Å². The van der Waals surface area contributed by atoms with Crippen molar-refractivity contribution in [3.8, 4) is 5.88 Å². The van der Waals surface area contributed by atoms with Crippen molar-refractivity contribution in [1.82, 2.24) is 20.2 Å². The van der Waals surface area contributed by atoms with Crippen LogP contribution in [0.5, 0.6) is 5.88 Å². The van der Waals surface area contributed by atoms with Gasteiger partial charge in [0.2, 0.25) is 5.88 Å². The fraction of sp³-hybridized carbons (Fsp3) is 0.500. The lowest BCUT2D eigenvalue weighted by Gasteiger charge is -2.16. The molecule has 2 heterocycles. The molecule has 0 fully saturated rings. The second-order valence-corrected chi connectivity index (χ2v) is 4.91. The minimum absolute atomic E-state index is 0.125. The first kappa shape index (κ1) is 12.6. The molecule has 0 unspecified atom stereocenters. The van der Waals surface area contributed by atoms with Gasteiger partial charge in [-0.25, -0.2) is 4.98 Å². The predicted molar refractivity (Wildman–Crippen MR) is 57.1 cm³/mol. The molecule has 0 bridgehead atoms. The lowest BCUT2D eigenvalue weighted by molar-refractivity contribution is -0.140. The first-order valence-corrected chi connectivity index (χ1v) is 5.13. The summed E-state index contributed by atoms with van der Waals surface area (Å²) in [6.07, 6.45) is -4.66. The summed E-state index contributed by atoms with van der Waals surface area (Å²) in [6, 6.07) is 0. The van der Waals surface area contributed by atoms with E-state index in [0.29, 0.717) is 0 Å². The van der Waals surface area contributed by atoms with Gasteiger partial charge in [0.25, 0.3) is 0 Å². The Balaban J connectivity index is 2.73. The highest BCUT2D eigenvalue weighted by molar-refractivity contribution is 5.83. The summed E-state index contributed by atoms with van der Waals surface area (Å²) in [7, 11) is 0. The van der Waals surface area contributed by atoms with Gasteiger partial charge in [0.15, 0.2) is 11.3 Å². The van der Waals surface area contributed by atoms with Crippen molar-refractivity contribution in [3.63, 3.8) is 0 Å². The Hall–Kier alpha value is -1.86. The molecule has 98 valence electrons. The number of hydrogen-bond acceptors (Lipinski definition) is 4. The van der Waals surface area contributed by atoms with Gasteiger partial charge in [0.1, 0.15) is 11.2 Å². The molecule has 0 aliphatic carbocycles. The Bertz CT molecular complexity index is 597. The largest absolute Gasteiger partial charge is 0.493 e. The predicted octanol–water partition coefficient (Wildman–Crippen LogP) is 2.37. The molecule has 2 aromatic rings. The van der Waals surface area contributed by atoms with Crippen LogP contribution in [0.15, 0.2) is 0 Å². The third-order valence-electron chi connectivity index (χ3n) is 2.34. The van der Waals surface area contributed by atoms with Crippen LogP contribution in [0.25, 0.3) is 11.0 Å². The van der Waals surface area contributed by atoms with Crippen LogP contribution >= 0.6 is 0 Å². The second-order valence-electron chi connectivity index (χ2n) is 4.91. The van der Waals surface area contributed by atoms with E-state index in [1.54, 1.807) is 20.8 Å². The van der Waals surface area contributed by atoms with Crippen LogP contribution in [0.2, 0.25) is 0 Å². The molecular formula is C10H11F3N4O. The number of hydrogen-bond donors (Lipinski definition) is 2. The fourth-order valence-electron chi connectivity index (χ4n) is 1.45. The smallest absolute Gasteiger partial charge is 0.436 e. The third-order valence-corrected chi connectivity index (χ3v) is 2.34. The molecule has 0 saturated carbocycles. The molecule has 0 saturated heterocycles. The second kappa shape index (κ2) is 3.56. The van der Waals surface area contributed by atoms with Gasteiger partial charge < -0.3 is 5.11 Å². The zero-order chi connectivity index (χ0) is 13.7. The average molecular weight is 260 g/mol. The molecule has 2 N–H and O–H groups in total. The molecule has 5 nitrogen and oxygen atoms in total. The molecule has 2 rings (SSSR count). The number of nitrogens with zero attached hydrogens (tertiary/aromatic N) is 3. The Morgan fingerprint density at radius 1 is 1.11 bits per heavy atom. The maximum atomic E-state index is 12.6. The summed E-state index contributed by atoms with van der Waals surface area (Å²) in [5, 5.41) is 14.4. The molecular weight excluding hydrogens is 249 g/mol. The van der Waals surface area contributed by atoms with Crippen LogP contribution in [0.4, 0.5) is 13.2 Å². The number of aromatic nitrogens is 4. The number of aromatic hydroxyl groups is 1. The normalized spacial score (nSPS) is 13.2. The maximum absolute atomic E-state index is 12.6. The van der Waals surface area contributed by atoms with Gasteiger partial charge in [0, 0.05) is 5.41 Å². The lowest BCUT2D eigenvalue weighted by atomic mass is 9.95. The Kier molecular flexibility index (Phi) is 2.49. The molecule has 0 aliphatic heterocycles. The molecule has 0 aliphatic rings. The minimum atomic E-state index is -4.66. The fourth-order valence-corrected chi connectivity index (χ4v) is 1.45. The van der Waals surface area contributed by atoms with E-state index in [1.807, 2.05) is 0 Å². The van der Waals surface area contributed by atoms with E-state index in [-0.39, 0.29) is 11.5 Å². The monoisotopic (exact) mass is 260 g/mol. The first-order chi connectivity index (χ1) is 8.10. The van der Waals surface area contributed by atoms with E-state index in [0.717, 1.165) is 0 Å². The highest BCUT2D eigenvalue weighted by atomic mass is 19.4. The van der Waals surface area contributed by atoms with Crippen molar-refractivity contribution < 1.29 is 18.3 Å². The van der Waals surface area contributed by atoms with E-state index in [9.17, 15) is 18.3 Å². The van der Waals surface area contributed by atoms with Gasteiger partial charge in [-0.1, -0.05) is 20.8 Å². The van der Waals surface area contributed by atoms with E-state index >= 15 is 0 Å². The summed E-state index contributed by atoms with van der Waals surface area (Å²) >= 11 is 0. The summed E-state index contributed by atoms with van der Waals surface area (Å²) in [6.45, 7) is 5.36. The number of alkyl halides is 3. The Morgan fingerprint density at radius 3 is 2.22 bits per heavy atom. The molecule has 18 heavy (non-hydrogen) atoms. The molecule has 0 aromatic carbocycles. The summed E-state index contributed by atoms with van der Waals surface area (Å²) in [4.78, 5) is 7.66. The lowest BCUT2D eigenvalue weighted by Crippen LogP contribution is -2.16. The molecule has 0 radical (unpaired) electrons. The van der Waals surface area contributed by atoms with Crippen LogP contribution in [0.3, 0.4) is 0 Å². The minimum Gasteiger partial charge on any atom is -0.493 e. The van der Waals surface area contributed by atoms with Gasteiger partial charge in [-0.3, -0.25) is 5.10 Å².